The Morgan fingerprint density at radius 1 is 1.35 bits per heavy atom. The SMILES string of the molecule is CCCC(C)C(C[CH]c1ccccc1)C(=O)O. The quantitative estimate of drug-likeness (QED) is 0.778. The van der Waals surface area contributed by atoms with Crippen molar-refractivity contribution in [3.8, 4) is 0 Å². The summed E-state index contributed by atoms with van der Waals surface area (Å²) in [5.74, 6) is -0.717. The van der Waals surface area contributed by atoms with Crippen molar-refractivity contribution in [2.24, 2.45) is 11.8 Å². The maximum atomic E-state index is 11.2. The highest BCUT2D eigenvalue weighted by Gasteiger charge is 2.23. The molecular formula is C15H21O2. The summed E-state index contributed by atoms with van der Waals surface area (Å²) in [5, 5.41) is 9.23. The molecule has 0 saturated heterocycles. The summed E-state index contributed by atoms with van der Waals surface area (Å²) in [6.07, 6.45) is 4.64. The number of aliphatic carboxylic acids is 1. The summed E-state index contributed by atoms with van der Waals surface area (Å²) < 4.78 is 0. The van der Waals surface area contributed by atoms with E-state index in [2.05, 4.69) is 6.92 Å². The Kier molecular flexibility index (Phi) is 5.75. The van der Waals surface area contributed by atoms with Crippen LogP contribution in [0.25, 0.3) is 0 Å². The van der Waals surface area contributed by atoms with E-state index in [1.165, 1.54) is 0 Å². The van der Waals surface area contributed by atoms with Gasteiger partial charge in [-0.1, -0.05) is 57.0 Å². The number of benzene rings is 1. The van der Waals surface area contributed by atoms with Crippen LogP contribution in [0, 0.1) is 18.3 Å². The molecule has 0 spiro atoms. The second kappa shape index (κ2) is 7.10. The Morgan fingerprint density at radius 2 is 2.00 bits per heavy atom. The molecular weight excluding hydrogens is 212 g/mol. The first-order chi connectivity index (χ1) is 8.15. The van der Waals surface area contributed by atoms with Crippen molar-refractivity contribution >= 4 is 5.97 Å². The standard InChI is InChI=1S/C15H21O2/c1-3-7-12(2)14(15(16)17)11-10-13-8-5-4-6-9-13/h4-6,8-10,12,14H,3,7,11H2,1-2H3,(H,16,17). The third-order valence-electron chi connectivity index (χ3n) is 3.16. The Bertz CT molecular complexity index is 332. The number of carboxylic acids is 1. The van der Waals surface area contributed by atoms with Gasteiger partial charge in [0.2, 0.25) is 0 Å². The van der Waals surface area contributed by atoms with Gasteiger partial charge in [0, 0.05) is 0 Å². The molecule has 0 amide bonds. The van der Waals surface area contributed by atoms with Crippen molar-refractivity contribution in [3.05, 3.63) is 42.3 Å². The molecule has 0 aromatic heterocycles. The molecule has 0 saturated carbocycles. The van der Waals surface area contributed by atoms with E-state index in [9.17, 15) is 9.90 Å². The maximum Gasteiger partial charge on any atom is 0.306 e. The number of rotatable bonds is 7. The van der Waals surface area contributed by atoms with Crippen LogP contribution in [0.15, 0.2) is 30.3 Å². The van der Waals surface area contributed by atoms with Crippen molar-refractivity contribution < 1.29 is 9.90 Å². The third kappa shape index (κ3) is 4.59. The molecule has 2 unspecified atom stereocenters. The summed E-state index contributed by atoms with van der Waals surface area (Å²) in [4.78, 5) is 11.2. The molecule has 1 rings (SSSR count). The molecule has 0 aliphatic carbocycles. The molecule has 1 aromatic carbocycles. The van der Waals surface area contributed by atoms with E-state index >= 15 is 0 Å². The molecule has 0 aliphatic rings. The molecule has 0 fully saturated rings. The normalized spacial score (nSPS) is 14.2. The third-order valence-corrected chi connectivity index (χ3v) is 3.16. The van der Waals surface area contributed by atoms with E-state index < -0.39 is 5.97 Å². The monoisotopic (exact) mass is 233 g/mol. The van der Waals surface area contributed by atoms with E-state index in [1.54, 1.807) is 0 Å². The van der Waals surface area contributed by atoms with Crippen LogP contribution in [-0.2, 0) is 4.79 Å². The molecule has 0 heterocycles. The molecule has 0 aliphatic heterocycles. The minimum atomic E-state index is -0.682. The summed E-state index contributed by atoms with van der Waals surface area (Å²) in [6, 6.07) is 9.91. The van der Waals surface area contributed by atoms with Crippen molar-refractivity contribution in [1.29, 1.82) is 0 Å². The first-order valence-electron chi connectivity index (χ1n) is 6.26. The molecule has 17 heavy (non-hydrogen) atoms. The number of carboxylic acid groups (broad SMARTS) is 1. The van der Waals surface area contributed by atoms with Crippen molar-refractivity contribution in [2.75, 3.05) is 0 Å². The zero-order chi connectivity index (χ0) is 12.7. The van der Waals surface area contributed by atoms with Gasteiger partial charge < -0.3 is 5.11 Å². The Labute approximate surface area is 104 Å². The molecule has 0 bridgehead atoms. The highest BCUT2D eigenvalue weighted by molar-refractivity contribution is 5.70. The minimum Gasteiger partial charge on any atom is -0.481 e. The van der Waals surface area contributed by atoms with E-state index in [0.29, 0.717) is 6.42 Å². The fourth-order valence-electron chi connectivity index (χ4n) is 2.09. The van der Waals surface area contributed by atoms with E-state index in [1.807, 2.05) is 43.7 Å². The van der Waals surface area contributed by atoms with Crippen LogP contribution in [0.1, 0.15) is 38.7 Å². The lowest BCUT2D eigenvalue weighted by Crippen LogP contribution is -2.21. The molecule has 2 nitrogen and oxygen atoms in total. The molecule has 1 aromatic rings. The van der Waals surface area contributed by atoms with Crippen LogP contribution in [-0.4, -0.2) is 11.1 Å². The van der Waals surface area contributed by atoms with Crippen LogP contribution >= 0.6 is 0 Å². The van der Waals surface area contributed by atoms with E-state index in [4.69, 9.17) is 0 Å². The Balaban J connectivity index is 2.53. The summed E-state index contributed by atoms with van der Waals surface area (Å²) in [6.45, 7) is 4.12. The zero-order valence-corrected chi connectivity index (χ0v) is 10.6. The second-order valence-corrected chi connectivity index (χ2v) is 4.56. The van der Waals surface area contributed by atoms with Crippen LogP contribution < -0.4 is 0 Å². The highest BCUT2D eigenvalue weighted by atomic mass is 16.4. The summed E-state index contributed by atoms with van der Waals surface area (Å²) in [7, 11) is 0. The maximum absolute atomic E-state index is 11.2. The minimum absolute atomic E-state index is 0.234. The second-order valence-electron chi connectivity index (χ2n) is 4.56. The van der Waals surface area contributed by atoms with E-state index in [0.717, 1.165) is 18.4 Å². The van der Waals surface area contributed by atoms with Crippen molar-refractivity contribution in [1.82, 2.24) is 0 Å². The van der Waals surface area contributed by atoms with Gasteiger partial charge in [0.05, 0.1) is 5.92 Å². The van der Waals surface area contributed by atoms with Crippen molar-refractivity contribution in [2.45, 2.75) is 33.1 Å². The van der Waals surface area contributed by atoms with Gasteiger partial charge in [-0.25, -0.2) is 0 Å². The van der Waals surface area contributed by atoms with Gasteiger partial charge >= 0.3 is 5.97 Å². The van der Waals surface area contributed by atoms with Crippen LogP contribution in [0.3, 0.4) is 0 Å². The average Bonchev–Trinajstić information content (AvgIpc) is 2.30. The van der Waals surface area contributed by atoms with Gasteiger partial charge in [-0.2, -0.15) is 0 Å². The molecule has 1 radical (unpaired) electrons. The van der Waals surface area contributed by atoms with Gasteiger partial charge in [-0.05, 0) is 24.3 Å². The largest absolute Gasteiger partial charge is 0.481 e. The topological polar surface area (TPSA) is 37.3 Å². The molecule has 2 heteroatoms. The van der Waals surface area contributed by atoms with Gasteiger partial charge in [0.15, 0.2) is 0 Å². The van der Waals surface area contributed by atoms with E-state index in [-0.39, 0.29) is 11.8 Å². The fourth-order valence-corrected chi connectivity index (χ4v) is 2.09. The van der Waals surface area contributed by atoms with Gasteiger partial charge in [0.1, 0.15) is 0 Å². The van der Waals surface area contributed by atoms with Gasteiger partial charge in [-0.15, -0.1) is 0 Å². The number of hydrogen-bond donors (Lipinski definition) is 1. The first kappa shape index (κ1) is 13.8. The predicted molar refractivity (Wildman–Crippen MR) is 69.7 cm³/mol. The Hall–Kier alpha value is -1.31. The lowest BCUT2D eigenvalue weighted by Gasteiger charge is -2.19. The Morgan fingerprint density at radius 3 is 2.53 bits per heavy atom. The summed E-state index contributed by atoms with van der Waals surface area (Å²) in [5.41, 5.74) is 1.10. The summed E-state index contributed by atoms with van der Waals surface area (Å²) >= 11 is 0. The van der Waals surface area contributed by atoms with Crippen LogP contribution in [0.5, 0.6) is 0 Å². The lowest BCUT2D eigenvalue weighted by molar-refractivity contribution is -0.143. The number of hydrogen-bond acceptors (Lipinski definition) is 1. The molecule has 2 atom stereocenters. The van der Waals surface area contributed by atoms with Gasteiger partial charge in [-0.3, -0.25) is 4.79 Å². The predicted octanol–water partition coefficient (Wildman–Crippen LogP) is 3.77. The van der Waals surface area contributed by atoms with Crippen LogP contribution in [0.4, 0.5) is 0 Å². The van der Waals surface area contributed by atoms with Crippen LogP contribution in [0.2, 0.25) is 0 Å². The average molecular weight is 233 g/mol. The molecule has 93 valence electrons. The number of carbonyl (C=O) groups is 1. The van der Waals surface area contributed by atoms with Gasteiger partial charge in [0.25, 0.3) is 0 Å². The highest BCUT2D eigenvalue weighted by Crippen LogP contribution is 2.23. The fraction of sp³-hybridized carbons (Fsp3) is 0.467. The zero-order valence-electron chi connectivity index (χ0n) is 10.6. The lowest BCUT2D eigenvalue weighted by atomic mass is 9.86. The molecule has 1 N–H and O–H groups in total. The smallest absolute Gasteiger partial charge is 0.306 e. The first-order valence-corrected chi connectivity index (χ1v) is 6.26. The van der Waals surface area contributed by atoms with Crippen molar-refractivity contribution in [3.63, 3.8) is 0 Å².